The van der Waals surface area contributed by atoms with Crippen LogP contribution < -0.4 is 16.7 Å². The summed E-state index contributed by atoms with van der Waals surface area (Å²) in [4.78, 5) is 27.2. The molecule has 1 aliphatic heterocycles. The van der Waals surface area contributed by atoms with Gasteiger partial charge in [0.05, 0.1) is 12.6 Å². The van der Waals surface area contributed by atoms with Gasteiger partial charge in [0.15, 0.2) is 6.23 Å². The highest BCUT2D eigenvalue weighted by atomic mass is 16.5. The molecular weight excluding hydrogens is 436 g/mol. The Labute approximate surface area is 180 Å². The molecule has 32 heavy (non-hydrogen) atoms. The smallest absolute Gasteiger partial charge is 0.351 e. The predicted molar refractivity (Wildman–Crippen MR) is 104 cm³/mol. The SMILES string of the molecule is CC(=O)N[C@H]1[C@H](O)[C@@H](O)[C@H](n2ccc(N)nc2=O)O[C@@H]1[C@H](O)[C@@H](O)[C@@H](O)[C@H](O)[C@H](O)CO. The number of aliphatic hydroxyl groups is 8. The molecule has 1 aromatic heterocycles. The topological polar surface area (TPSA) is 261 Å². The van der Waals surface area contributed by atoms with Gasteiger partial charge < -0.3 is 56.6 Å². The van der Waals surface area contributed by atoms with Gasteiger partial charge in [-0.25, -0.2) is 4.79 Å². The fourth-order valence-electron chi connectivity index (χ4n) is 3.38. The Balaban J connectivity index is 2.40. The summed E-state index contributed by atoms with van der Waals surface area (Å²) in [5, 5.41) is 82.4. The lowest BCUT2D eigenvalue weighted by molar-refractivity contribution is -0.251. The van der Waals surface area contributed by atoms with Crippen LogP contribution in [-0.2, 0) is 9.53 Å². The number of carbonyl (C=O) groups is 1. The Morgan fingerprint density at radius 1 is 1.19 bits per heavy atom. The maximum absolute atomic E-state index is 12.2. The minimum absolute atomic E-state index is 0.139. The first kappa shape index (κ1) is 26.0. The van der Waals surface area contributed by atoms with Gasteiger partial charge in [-0.05, 0) is 6.07 Å². The second-order valence-electron chi connectivity index (χ2n) is 7.45. The number of hydrogen-bond acceptors (Lipinski definition) is 13. The lowest BCUT2D eigenvalue weighted by Crippen LogP contribution is -2.67. The molecule has 1 aliphatic rings. The van der Waals surface area contributed by atoms with Crippen molar-refractivity contribution in [2.24, 2.45) is 0 Å². The fourth-order valence-corrected chi connectivity index (χ4v) is 3.38. The highest BCUT2D eigenvalue weighted by molar-refractivity contribution is 5.73. The maximum Gasteiger partial charge on any atom is 0.351 e. The largest absolute Gasteiger partial charge is 0.394 e. The van der Waals surface area contributed by atoms with Crippen molar-refractivity contribution >= 4 is 11.7 Å². The van der Waals surface area contributed by atoms with Crippen molar-refractivity contribution in [2.45, 2.75) is 68.0 Å². The third-order valence-corrected chi connectivity index (χ3v) is 5.12. The number of hydrogen-bond donors (Lipinski definition) is 10. The van der Waals surface area contributed by atoms with Crippen LogP contribution >= 0.6 is 0 Å². The molecule has 2 heterocycles. The number of anilines is 1. The first-order chi connectivity index (χ1) is 14.9. The van der Waals surface area contributed by atoms with E-state index in [-0.39, 0.29) is 5.82 Å². The van der Waals surface area contributed by atoms with Crippen LogP contribution in [0, 0.1) is 0 Å². The number of nitrogens with one attached hydrogen (secondary N) is 1. The summed E-state index contributed by atoms with van der Waals surface area (Å²) < 4.78 is 6.28. The molecule has 0 aromatic carbocycles. The van der Waals surface area contributed by atoms with E-state index in [0.29, 0.717) is 0 Å². The van der Waals surface area contributed by atoms with Crippen molar-refractivity contribution in [1.29, 1.82) is 0 Å². The van der Waals surface area contributed by atoms with E-state index in [1.54, 1.807) is 0 Å². The number of rotatable bonds is 8. The summed E-state index contributed by atoms with van der Waals surface area (Å²) in [6.45, 7) is 0.102. The van der Waals surface area contributed by atoms with Gasteiger partial charge in [0.25, 0.3) is 0 Å². The van der Waals surface area contributed by atoms with Crippen LogP contribution in [-0.4, -0.2) is 118 Å². The lowest BCUT2D eigenvalue weighted by atomic mass is 9.87. The van der Waals surface area contributed by atoms with E-state index in [0.717, 1.165) is 17.7 Å². The van der Waals surface area contributed by atoms with Crippen LogP contribution in [0.5, 0.6) is 0 Å². The van der Waals surface area contributed by atoms with E-state index in [1.165, 1.54) is 6.07 Å². The summed E-state index contributed by atoms with van der Waals surface area (Å²) >= 11 is 0. The van der Waals surface area contributed by atoms with Crippen LogP contribution in [0.15, 0.2) is 17.1 Å². The summed E-state index contributed by atoms with van der Waals surface area (Å²) in [5.41, 5.74) is 4.44. The Bertz CT molecular complexity index is 839. The van der Waals surface area contributed by atoms with Gasteiger partial charge in [0, 0.05) is 13.1 Å². The number of ether oxygens (including phenoxy) is 1. The summed E-state index contributed by atoms with van der Waals surface area (Å²) in [5.74, 6) is -0.850. The lowest BCUT2D eigenvalue weighted by Gasteiger charge is -2.46. The molecule has 0 spiro atoms. The monoisotopic (exact) mass is 464 g/mol. The van der Waals surface area contributed by atoms with Crippen molar-refractivity contribution in [3.63, 3.8) is 0 Å². The predicted octanol–water partition coefficient (Wildman–Crippen LogP) is -6.25. The third-order valence-electron chi connectivity index (χ3n) is 5.12. The van der Waals surface area contributed by atoms with E-state index in [2.05, 4.69) is 10.3 Å². The van der Waals surface area contributed by atoms with E-state index in [1.807, 2.05) is 0 Å². The van der Waals surface area contributed by atoms with Gasteiger partial charge in [-0.1, -0.05) is 0 Å². The van der Waals surface area contributed by atoms with Crippen molar-refractivity contribution < 1.29 is 50.4 Å². The molecule has 11 N–H and O–H groups in total. The molecule has 15 nitrogen and oxygen atoms in total. The first-order valence-corrected chi connectivity index (χ1v) is 9.55. The number of aromatic nitrogens is 2. The van der Waals surface area contributed by atoms with Crippen molar-refractivity contribution in [1.82, 2.24) is 14.9 Å². The van der Waals surface area contributed by atoms with Crippen molar-refractivity contribution in [3.05, 3.63) is 22.7 Å². The molecule has 15 heteroatoms. The number of nitrogen functional groups attached to an aromatic ring is 1. The average Bonchev–Trinajstić information content (AvgIpc) is 2.74. The van der Waals surface area contributed by atoms with Crippen LogP contribution in [0.3, 0.4) is 0 Å². The van der Waals surface area contributed by atoms with E-state index >= 15 is 0 Å². The average molecular weight is 464 g/mol. The number of nitrogens with zero attached hydrogens (tertiary/aromatic N) is 2. The second-order valence-corrected chi connectivity index (χ2v) is 7.45. The van der Waals surface area contributed by atoms with Crippen LogP contribution in [0.2, 0.25) is 0 Å². The van der Waals surface area contributed by atoms with Gasteiger partial charge in [-0.3, -0.25) is 9.36 Å². The molecule has 0 aliphatic carbocycles. The quantitative estimate of drug-likeness (QED) is 0.172. The van der Waals surface area contributed by atoms with Crippen LogP contribution in [0.25, 0.3) is 0 Å². The van der Waals surface area contributed by atoms with Gasteiger partial charge in [0.2, 0.25) is 5.91 Å². The Kier molecular flexibility index (Phi) is 8.63. The van der Waals surface area contributed by atoms with Crippen LogP contribution in [0.1, 0.15) is 13.2 Å². The highest BCUT2D eigenvalue weighted by Crippen LogP contribution is 2.31. The molecule has 2 rings (SSSR count). The molecule has 1 aromatic rings. The molecule has 0 saturated carbocycles. The van der Waals surface area contributed by atoms with E-state index in [9.17, 15) is 45.3 Å². The van der Waals surface area contributed by atoms with Gasteiger partial charge in [0.1, 0.15) is 54.6 Å². The summed E-state index contributed by atoms with van der Waals surface area (Å²) in [6, 6.07) is -0.339. The number of aliphatic hydroxyl groups excluding tert-OH is 8. The van der Waals surface area contributed by atoms with Crippen molar-refractivity contribution in [2.75, 3.05) is 12.3 Å². The molecule has 0 unspecified atom stereocenters. The van der Waals surface area contributed by atoms with Crippen LogP contribution in [0.4, 0.5) is 5.82 Å². The molecule has 182 valence electrons. The number of nitrogens with two attached hydrogens (primary N) is 1. The molecule has 0 bridgehead atoms. The zero-order chi connectivity index (χ0) is 24.3. The first-order valence-electron chi connectivity index (χ1n) is 9.55. The van der Waals surface area contributed by atoms with Gasteiger partial charge in [-0.15, -0.1) is 0 Å². The summed E-state index contributed by atoms with van der Waals surface area (Å²) in [6.07, 6.45) is -16.4. The van der Waals surface area contributed by atoms with E-state index < -0.39 is 79.3 Å². The highest BCUT2D eigenvalue weighted by Gasteiger charge is 2.51. The number of carbonyl (C=O) groups excluding carboxylic acids is 1. The Morgan fingerprint density at radius 3 is 2.34 bits per heavy atom. The van der Waals surface area contributed by atoms with Crippen molar-refractivity contribution in [3.8, 4) is 0 Å². The third kappa shape index (κ3) is 5.40. The minimum atomic E-state index is -2.23. The Morgan fingerprint density at radius 2 is 1.81 bits per heavy atom. The minimum Gasteiger partial charge on any atom is -0.394 e. The molecule has 1 fully saturated rings. The van der Waals surface area contributed by atoms with E-state index in [4.69, 9.17) is 15.6 Å². The molecule has 0 radical (unpaired) electrons. The second kappa shape index (κ2) is 10.6. The zero-order valence-corrected chi connectivity index (χ0v) is 16.9. The molecule has 10 atom stereocenters. The molecule has 1 amide bonds. The molecular formula is C17H28N4O11. The maximum atomic E-state index is 12.2. The molecule has 1 saturated heterocycles. The zero-order valence-electron chi connectivity index (χ0n) is 16.9. The Hall–Kier alpha value is -2.21. The van der Waals surface area contributed by atoms with Gasteiger partial charge >= 0.3 is 5.69 Å². The standard InChI is InChI=1S/C17H28N4O11/c1-5(23)19-8-10(26)14(30)16(21-3-2-7(18)20-17(21)31)32-15(8)13(29)12(28)11(27)9(25)6(24)4-22/h2-3,6,8-16,22,24-30H,4H2,1H3,(H,19,23)(H2,18,20,31)/t6-,8+,9-,10+,11+,12+,13-,14-,15+,16-/m1/s1. The normalized spacial score (nSPS) is 30.7. The summed E-state index contributed by atoms with van der Waals surface area (Å²) in [7, 11) is 0. The van der Waals surface area contributed by atoms with Gasteiger partial charge in [-0.2, -0.15) is 4.98 Å². The fraction of sp³-hybridized carbons (Fsp3) is 0.706. The number of amides is 1.